The Morgan fingerprint density at radius 3 is 2.69 bits per heavy atom. The molecule has 0 saturated heterocycles. The fraction of sp³-hybridized carbons (Fsp3) is 0.800. The number of hydrogen-bond donors (Lipinski definition) is 1. The van der Waals surface area contributed by atoms with Crippen molar-refractivity contribution >= 4 is 18.4 Å². The molecule has 0 spiro atoms. The zero-order valence-electron chi connectivity index (χ0n) is 8.97. The highest BCUT2D eigenvalue weighted by Gasteiger charge is 2.24. The first-order valence-corrected chi connectivity index (χ1v) is 10.2. The van der Waals surface area contributed by atoms with Gasteiger partial charge in [-0.2, -0.15) is 11.2 Å². The Labute approximate surface area is 86.8 Å². The molecular weight excluding hydrogens is 194 g/mol. The quantitative estimate of drug-likeness (QED) is 0.715. The third-order valence-corrected chi connectivity index (χ3v) is 6.83. The van der Waals surface area contributed by atoms with E-state index in [4.69, 9.17) is 5.73 Å². The van der Waals surface area contributed by atoms with Crippen LogP contribution in [0.2, 0.25) is 19.6 Å². The fourth-order valence-electron chi connectivity index (χ4n) is 1.81. The Hall–Kier alpha value is 0.107. The maximum absolute atomic E-state index is 5.57. The molecule has 0 bridgehead atoms. The van der Waals surface area contributed by atoms with E-state index in [0.29, 0.717) is 0 Å². The molecule has 0 radical (unpaired) electrons. The first-order valence-electron chi connectivity index (χ1n) is 5.09. The van der Waals surface area contributed by atoms with Gasteiger partial charge in [0.15, 0.2) is 0 Å². The lowest BCUT2D eigenvalue weighted by molar-refractivity contribution is 0.613. The van der Waals surface area contributed by atoms with Gasteiger partial charge in [0.2, 0.25) is 0 Å². The topological polar surface area (TPSA) is 26.0 Å². The second-order valence-electron chi connectivity index (χ2n) is 4.77. The van der Waals surface area contributed by atoms with Gasteiger partial charge in [0.25, 0.3) is 0 Å². The van der Waals surface area contributed by atoms with Crippen molar-refractivity contribution in [2.75, 3.05) is 0 Å². The molecular formula is C10H21NSSi. The zero-order chi connectivity index (χ0) is 9.90. The van der Waals surface area contributed by atoms with Gasteiger partial charge in [-0.15, -0.1) is 0 Å². The highest BCUT2D eigenvalue weighted by molar-refractivity contribution is 8.29. The SMILES string of the molecule is C[Si](C)(C)SC1CCCC(=CN)C1. The summed E-state index contributed by atoms with van der Waals surface area (Å²) in [6.45, 7) is 7.29. The second-order valence-corrected chi connectivity index (χ2v) is 14.3. The molecule has 3 heteroatoms. The van der Waals surface area contributed by atoms with Crippen molar-refractivity contribution in [1.82, 2.24) is 0 Å². The Morgan fingerprint density at radius 2 is 2.15 bits per heavy atom. The van der Waals surface area contributed by atoms with Gasteiger partial charge in [-0.3, -0.25) is 0 Å². The molecule has 0 aromatic heterocycles. The number of allylic oxidation sites excluding steroid dienone is 1. The van der Waals surface area contributed by atoms with Crippen LogP contribution in [-0.4, -0.2) is 12.5 Å². The van der Waals surface area contributed by atoms with Gasteiger partial charge in [-0.25, -0.2) is 0 Å². The van der Waals surface area contributed by atoms with Crippen LogP contribution >= 0.6 is 11.2 Å². The lowest BCUT2D eigenvalue weighted by Gasteiger charge is -2.28. The van der Waals surface area contributed by atoms with Gasteiger partial charge >= 0.3 is 0 Å². The van der Waals surface area contributed by atoms with Crippen LogP contribution in [0.4, 0.5) is 0 Å². The maximum atomic E-state index is 5.57. The van der Waals surface area contributed by atoms with Crippen LogP contribution in [0, 0.1) is 0 Å². The summed E-state index contributed by atoms with van der Waals surface area (Å²) in [6.07, 6.45) is 7.04. The van der Waals surface area contributed by atoms with Crippen LogP contribution < -0.4 is 5.73 Å². The smallest absolute Gasteiger partial charge is 0.108 e. The predicted octanol–water partition coefficient (Wildman–Crippen LogP) is 3.34. The van der Waals surface area contributed by atoms with E-state index in [2.05, 4.69) is 30.9 Å². The molecule has 1 saturated carbocycles. The highest BCUT2D eigenvalue weighted by Crippen LogP contribution is 2.36. The molecule has 0 heterocycles. The molecule has 0 aliphatic heterocycles. The Balaban J connectivity index is 2.43. The summed E-state index contributed by atoms with van der Waals surface area (Å²) < 4.78 is 0. The third kappa shape index (κ3) is 4.23. The summed E-state index contributed by atoms with van der Waals surface area (Å²) >= 11 is 2.24. The predicted molar refractivity (Wildman–Crippen MR) is 65.5 cm³/mol. The van der Waals surface area contributed by atoms with Crippen molar-refractivity contribution in [3.05, 3.63) is 11.8 Å². The maximum Gasteiger partial charge on any atom is 0.108 e. The van der Waals surface area contributed by atoms with Crippen LogP contribution in [0.15, 0.2) is 11.8 Å². The molecule has 1 aliphatic rings. The van der Waals surface area contributed by atoms with Crippen LogP contribution in [-0.2, 0) is 0 Å². The lowest BCUT2D eigenvalue weighted by atomic mass is 9.95. The van der Waals surface area contributed by atoms with Crippen molar-refractivity contribution in [2.24, 2.45) is 5.73 Å². The van der Waals surface area contributed by atoms with Crippen molar-refractivity contribution in [3.63, 3.8) is 0 Å². The number of nitrogens with two attached hydrogens (primary N) is 1. The number of hydrogen-bond acceptors (Lipinski definition) is 2. The standard InChI is InChI=1S/C10H21NSSi/c1-13(2,3)12-10-6-4-5-9(7-10)8-11/h8,10H,4-7,11H2,1-3H3. The van der Waals surface area contributed by atoms with Gasteiger partial charge < -0.3 is 5.73 Å². The summed E-state index contributed by atoms with van der Waals surface area (Å²) in [5, 5.41) is 0.857. The molecule has 76 valence electrons. The van der Waals surface area contributed by atoms with Gasteiger partial charge in [-0.1, -0.05) is 25.2 Å². The van der Waals surface area contributed by atoms with Crippen LogP contribution in [0.5, 0.6) is 0 Å². The largest absolute Gasteiger partial charge is 0.405 e. The van der Waals surface area contributed by atoms with E-state index in [1.807, 2.05) is 6.20 Å². The minimum absolute atomic E-state index is 0.857. The van der Waals surface area contributed by atoms with Gasteiger partial charge in [0, 0.05) is 5.25 Å². The average Bonchev–Trinajstić information content (AvgIpc) is 2.01. The van der Waals surface area contributed by atoms with Crippen LogP contribution in [0.1, 0.15) is 25.7 Å². The van der Waals surface area contributed by atoms with Crippen LogP contribution in [0.25, 0.3) is 0 Å². The Morgan fingerprint density at radius 1 is 1.46 bits per heavy atom. The minimum atomic E-state index is -0.938. The normalized spacial score (nSPS) is 27.9. The molecule has 1 aliphatic carbocycles. The minimum Gasteiger partial charge on any atom is -0.405 e. The van der Waals surface area contributed by atoms with E-state index < -0.39 is 7.22 Å². The summed E-state index contributed by atoms with van der Waals surface area (Å²) in [6, 6.07) is 0. The fourth-order valence-corrected chi connectivity index (χ4v) is 6.99. The summed E-state index contributed by atoms with van der Waals surface area (Å²) in [5.74, 6) is 0. The molecule has 1 rings (SSSR count). The van der Waals surface area contributed by atoms with Crippen molar-refractivity contribution in [3.8, 4) is 0 Å². The van der Waals surface area contributed by atoms with E-state index in [-0.39, 0.29) is 0 Å². The van der Waals surface area contributed by atoms with E-state index in [1.165, 1.54) is 31.3 Å². The molecule has 1 unspecified atom stereocenters. The van der Waals surface area contributed by atoms with E-state index in [9.17, 15) is 0 Å². The average molecular weight is 215 g/mol. The summed E-state index contributed by atoms with van der Waals surface area (Å²) in [7, 11) is -0.938. The highest BCUT2D eigenvalue weighted by atomic mass is 32.4. The van der Waals surface area contributed by atoms with Gasteiger partial charge in [0.1, 0.15) is 7.22 Å². The first kappa shape index (κ1) is 11.2. The molecule has 1 fully saturated rings. The molecule has 2 N–H and O–H groups in total. The van der Waals surface area contributed by atoms with Gasteiger partial charge in [0.05, 0.1) is 0 Å². The van der Waals surface area contributed by atoms with Crippen molar-refractivity contribution in [2.45, 2.75) is 50.6 Å². The van der Waals surface area contributed by atoms with E-state index in [0.717, 1.165) is 5.25 Å². The second kappa shape index (κ2) is 4.56. The van der Waals surface area contributed by atoms with Crippen molar-refractivity contribution in [1.29, 1.82) is 0 Å². The monoisotopic (exact) mass is 215 g/mol. The van der Waals surface area contributed by atoms with Crippen molar-refractivity contribution < 1.29 is 0 Å². The summed E-state index contributed by atoms with van der Waals surface area (Å²) in [4.78, 5) is 0. The molecule has 0 aromatic rings. The molecule has 1 nitrogen and oxygen atoms in total. The molecule has 13 heavy (non-hydrogen) atoms. The molecule has 1 atom stereocenters. The Kier molecular flexibility index (Phi) is 3.92. The third-order valence-electron chi connectivity index (χ3n) is 2.27. The first-order chi connectivity index (χ1) is 6.01. The Bertz CT molecular complexity index is 196. The zero-order valence-corrected chi connectivity index (χ0v) is 10.8. The summed E-state index contributed by atoms with van der Waals surface area (Å²) in [5.41, 5.74) is 7.04. The van der Waals surface area contributed by atoms with E-state index in [1.54, 1.807) is 0 Å². The molecule has 0 aromatic carbocycles. The number of rotatable bonds is 2. The van der Waals surface area contributed by atoms with E-state index >= 15 is 0 Å². The van der Waals surface area contributed by atoms with Gasteiger partial charge in [-0.05, 0) is 31.9 Å². The molecule has 0 amide bonds. The van der Waals surface area contributed by atoms with Crippen LogP contribution in [0.3, 0.4) is 0 Å². The lowest BCUT2D eigenvalue weighted by Crippen LogP contribution is -2.23.